The Morgan fingerprint density at radius 2 is 1.29 bits per heavy atom. The molecule has 0 aliphatic heterocycles. The van der Waals surface area contributed by atoms with E-state index in [-0.39, 0.29) is 15.5 Å². The van der Waals surface area contributed by atoms with Crippen LogP contribution in [0.1, 0.15) is 73.3 Å². The molecule has 0 atom stereocenters. The molecule has 0 bridgehead atoms. The Kier molecular flexibility index (Phi) is 9.25. The number of anilines is 2. The van der Waals surface area contributed by atoms with Gasteiger partial charge in [-0.15, -0.1) is 0 Å². The molecule has 0 fully saturated rings. The average Bonchev–Trinajstić information content (AvgIpc) is 3.35. The fourth-order valence-electron chi connectivity index (χ4n) is 3.76. The van der Waals surface area contributed by atoms with Crippen LogP contribution in [0.25, 0.3) is 4.96 Å². The van der Waals surface area contributed by atoms with Gasteiger partial charge in [-0.1, -0.05) is 25.2 Å². The van der Waals surface area contributed by atoms with Crippen molar-refractivity contribution in [3.63, 3.8) is 0 Å². The first-order chi connectivity index (χ1) is 19.7. The van der Waals surface area contributed by atoms with E-state index in [0.717, 1.165) is 15.7 Å². The van der Waals surface area contributed by atoms with Gasteiger partial charge in [-0.2, -0.15) is 0 Å². The molecule has 4 rings (SSSR count). The number of rotatable bonds is 10. The summed E-state index contributed by atoms with van der Waals surface area (Å²) in [7, 11) is 0. The zero-order chi connectivity index (χ0) is 29.5. The number of hydrogen-bond acceptors (Lipinski definition) is 9. The fraction of sp³-hybridized carbons (Fsp3) is 0.241. The molecule has 2 aromatic heterocycles. The topological polar surface area (TPSA) is 145 Å². The van der Waals surface area contributed by atoms with E-state index in [9.17, 15) is 24.0 Å². The van der Waals surface area contributed by atoms with Crippen molar-refractivity contribution < 1.29 is 28.7 Å². The molecule has 2 heterocycles. The predicted molar refractivity (Wildman–Crippen MR) is 154 cm³/mol. The number of fused-ring (bicyclic) bond motifs is 1. The second kappa shape index (κ2) is 13.0. The Morgan fingerprint density at radius 1 is 0.805 bits per heavy atom. The van der Waals surface area contributed by atoms with Gasteiger partial charge < -0.3 is 20.1 Å². The Balaban J connectivity index is 1.61. The van der Waals surface area contributed by atoms with Crippen LogP contribution in [0.15, 0.2) is 59.4 Å². The Labute approximate surface area is 239 Å². The summed E-state index contributed by atoms with van der Waals surface area (Å²) in [4.78, 5) is 68.3. The molecule has 2 aromatic carbocycles. The van der Waals surface area contributed by atoms with E-state index in [2.05, 4.69) is 15.6 Å². The lowest BCUT2D eigenvalue weighted by Crippen LogP contribution is -2.25. The second-order valence-electron chi connectivity index (χ2n) is 8.97. The number of aryl methyl sites for hydroxylation is 1. The summed E-state index contributed by atoms with van der Waals surface area (Å²) in [6.45, 7) is 6.02. The van der Waals surface area contributed by atoms with E-state index in [1.807, 2.05) is 13.8 Å². The molecule has 12 heteroatoms. The molecule has 0 aliphatic carbocycles. The number of hydrogen-bond donors (Lipinski definition) is 2. The minimum absolute atomic E-state index is 0.0381. The highest BCUT2D eigenvalue weighted by molar-refractivity contribution is 7.19. The highest BCUT2D eigenvalue weighted by atomic mass is 32.1. The van der Waals surface area contributed by atoms with Crippen LogP contribution < -0.4 is 16.2 Å². The van der Waals surface area contributed by atoms with Crippen molar-refractivity contribution >= 4 is 51.4 Å². The van der Waals surface area contributed by atoms with Crippen LogP contribution in [0.5, 0.6) is 0 Å². The smallest absolute Gasteiger partial charge is 0.338 e. The summed E-state index contributed by atoms with van der Waals surface area (Å²) in [6, 6.07) is 13.4. The molecular weight excluding hydrogens is 548 g/mol. The van der Waals surface area contributed by atoms with Crippen LogP contribution in [0.2, 0.25) is 0 Å². The molecule has 2 N–H and O–H groups in total. The summed E-state index contributed by atoms with van der Waals surface area (Å²) in [5.41, 5.74) is 1.08. The third kappa shape index (κ3) is 6.84. The molecule has 212 valence electrons. The number of esters is 2. The van der Waals surface area contributed by atoms with Crippen LogP contribution in [0.4, 0.5) is 11.4 Å². The predicted octanol–water partition coefficient (Wildman–Crippen LogP) is 4.70. The number of nitrogens with zero attached hydrogens (tertiary/aromatic N) is 2. The number of carbonyl (C=O) groups excluding carboxylic acids is 4. The fourth-order valence-corrected chi connectivity index (χ4v) is 4.83. The summed E-state index contributed by atoms with van der Waals surface area (Å²) >= 11 is 0.893. The molecular formula is C29H28N4O7S. The van der Waals surface area contributed by atoms with Gasteiger partial charge in [0, 0.05) is 23.1 Å². The van der Waals surface area contributed by atoms with Gasteiger partial charge in [0.2, 0.25) is 0 Å². The lowest BCUT2D eigenvalue weighted by molar-refractivity contribution is 0.0496. The zero-order valence-electron chi connectivity index (χ0n) is 22.7. The minimum atomic E-state index is -0.718. The van der Waals surface area contributed by atoms with Gasteiger partial charge in [0.25, 0.3) is 17.4 Å². The van der Waals surface area contributed by atoms with Crippen molar-refractivity contribution in [3.8, 4) is 0 Å². The maximum absolute atomic E-state index is 13.5. The molecule has 41 heavy (non-hydrogen) atoms. The van der Waals surface area contributed by atoms with Crippen LogP contribution >= 0.6 is 11.3 Å². The summed E-state index contributed by atoms with van der Waals surface area (Å²) < 4.78 is 11.3. The van der Waals surface area contributed by atoms with Gasteiger partial charge >= 0.3 is 11.9 Å². The third-order valence-electron chi connectivity index (χ3n) is 5.70. The van der Waals surface area contributed by atoms with Crippen molar-refractivity contribution in [2.45, 2.75) is 33.6 Å². The maximum Gasteiger partial charge on any atom is 0.338 e. The Morgan fingerprint density at radius 3 is 1.78 bits per heavy atom. The van der Waals surface area contributed by atoms with Crippen molar-refractivity contribution in [2.75, 3.05) is 23.8 Å². The first kappa shape index (κ1) is 29.2. The van der Waals surface area contributed by atoms with E-state index in [1.165, 1.54) is 54.6 Å². The van der Waals surface area contributed by atoms with Crippen LogP contribution in [0, 0.1) is 6.92 Å². The van der Waals surface area contributed by atoms with E-state index in [0.29, 0.717) is 54.3 Å². The molecule has 0 unspecified atom stereocenters. The van der Waals surface area contributed by atoms with Crippen LogP contribution in [-0.4, -0.2) is 46.4 Å². The highest BCUT2D eigenvalue weighted by Gasteiger charge is 2.26. The first-order valence-corrected chi connectivity index (χ1v) is 13.7. The monoisotopic (exact) mass is 576 g/mol. The molecule has 11 nitrogen and oxygen atoms in total. The summed E-state index contributed by atoms with van der Waals surface area (Å²) in [6.07, 6.45) is 1.39. The SMILES string of the molecule is CCCOC(=O)c1ccc(NC(=O)c2sc3nc(C)cc(=O)n3c2C(=O)Nc2ccc(C(=O)OCCC)cc2)cc1. The molecule has 0 saturated carbocycles. The number of aromatic nitrogens is 2. The second-order valence-corrected chi connectivity index (χ2v) is 9.95. The maximum atomic E-state index is 13.5. The summed E-state index contributed by atoms with van der Waals surface area (Å²) in [5.74, 6) is -2.31. The Hall–Kier alpha value is -4.84. The molecule has 0 aliphatic rings. The largest absolute Gasteiger partial charge is 0.462 e. The van der Waals surface area contributed by atoms with Crippen LogP contribution in [0.3, 0.4) is 0 Å². The van der Waals surface area contributed by atoms with Gasteiger partial charge in [0.1, 0.15) is 10.6 Å². The summed E-state index contributed by atoms with van der Waals surface area (Å²) in [5, 5.41) is 5.38. The van der Waals surface area contributed by atoms with Gasteiger partial charge in [-0.3, -0.25) is 14.4 Å². The number of carbonyl (C=O) groups is 4. The molecule has 4 aromatic rings. The number of benzene rings is 2. The van der Waals surface area contributed by atoms with Gasteiger partial charge in [0.05, 0.1) is 24.3 Å². The molecule has 0 spiro atoms. The van der Waals surface area contributed by atoms with E-state index < -0.39 is 29.3 Å². The number of amides is 2. The number of nitrogens with one attached hydrogen (secondary N) is 2. The third-order valence-corrected chi connectivity index (χ3v) is 6.74. The van der Waals surface area contributed by atoms with Gasteiger partial charge in [0.15, 0.2) is 4.96 Å². The van der Waals surface area contributed by atoms with E-state index in [1.54, 1.807) is 6.92 Å². The number of ether oxygens (including phenoxy) is 2. The van der Waals surface area contributed by atoms with E-state index in [4.69, 9.17) is 9.47 Å². The van der Waals surface area contributed by atoms with Crippen molar-refractivity contribution in [1.29, 1.82) is 0 Å². The van der Waals surface area contributed by atoms with Crippen molar-refractivity contribution in [1.82, 2.24) is 9.38 Å². The van der Waals surface area contributed by atoms with Crippen LogP contribution in [-0.2, 0) is 9.47 Å². The Bertz CT molecular complexity index is 1660. The van der Waals surface area contributed by atoms with Crippen molar-refractivity contribution in [3.05, 3.63) is 92.3 Å². The van der Waals surface area contributed by atoms with Gasteiger partial charge in [-0.05, 0) is 68.3 Å². The highest BCUT2D eigenvalue weighted by Crippen LogP contribution is 2.24. The van der Waals surface area contributed by atoms with Crippen molar-refractivity contribution in [2.24, 2.45) is 0 Å². The quantitative estimate of drug-likeness (QED) is 0.258. The number of thiazole rings is 1. The first-order valence-electron chi connectivity index (χ1n) is 12.9. The minimum Gasteiger partial charge on any atom is -0.462 e. The van der Waals surface area contributed by atoms with Gasteiger partial charge in [-0.25, -0.2) is 19.0 Å². The normalized spacial score (nSPS) is 10.7. The lowest BCUT2D eigenvalue weighted by Gasteiger charge is -2.09. The molecule has 0 saturated heterocycles. The zero-order valence-corrected chi connectivity index (χ0v) is 23.5. The lowest BCUT2D eigenvalue weighted by atomic mass is 10.2. The molecule has 2 amide bonds. The average molecular weight is 577 g/mol. The standard InChI is InChI=1S/C29H28N4O7S/c1-4-14-39-27(37)18-6-10-20(11-7-18)31-25(35)23-24(41-29-30-17(3)16-22(34)33(23)29)26(36)32-21-12-8-19(9-13-21)28(38)40-15-5-2/h6-13,16H,4-5,14-15H2,1-3H3,(H,31,35)(H,32,36). The molecule has 0 radical (unpaired) electrons. The van der Waals surface area contributed by atoms with E-state index >= 15 is 0 Å².